The zero-order chi connectivity index (χ0) is 11.1. The normalized spacial score (nSPS) is 45.2. The molecule has 0 aromatic heterocycles. The Balaban J connectivity index is 2.27. The van der Waals surface area contributed by atoms with E-state index in [0.29, 0.717) is 5.41 Å². The van der Waals surface area contributed by atoms with Gasteiger partial charge >= 0.3 is 0 Å². The van der Waals surface area contributed by atoms with Crippen LogP contribution < -0.4 is 0 Å². The van der Waals surface area contributed by atoms with Gasteiger partial charge in [-0.1, -0.05) is 32.4 Å². The topological polar surface area (TPSA) is 23.8 Å². The van der Waals surface area contributed by atoms with Gasteiger partial charge in [-0.15, -0.1) is 0 Å². The van der Waals surface area contributed by atoms with Crippen molar-refractivity contribution in [3.63, 3.8) is 0 Å². The Bertz CT molecular complexity index is 323. The molecule has 0 aromatic rings. The monoisotopic (exact) mass is 203 g/mol. The number of fused-ring (bicyclic) bond motifs is 1. The Hall–Kier alpha value is -0.770. The average molecular weight is 203 g/mol. The molecular formula is C14H21N. The standard InChI is InChI=1S/C14H21N/c1-10-4-5-13-8-12(9-15)6-7-14(13,3)11(10)2/h5,10-12H,4,6-8H2,1-3H3/t10?,11?,12-,14+/m0/s1. The summed E-state index contributed by atoms with van der Waals surface area (Å²) in [6.45, 7) is 7.16. The summed E-state index contributed by atoms with van der Waals surface area (Å²) < 4.78 is 0. The van der Waals surface area contributed by atoms with Crippen molar-refractivity contribution in [2.75, 3.05) is 0 Å². The molecule has 0 bridgehead atoms. The summed E-state index contributed by atoms with van der Waals surface area (Å²) in [5.74, 6) is 1.86. The van der Waals surface area contributed by atoms with Crippen LogP contribution in [0.1, 0.15) is 46.5 Å². The van der Waals surface area contributed by atoms with Gasteiger partial charge in [0.15, 0.2) is 0 Å². The predicted octanol–water partition coefficient (Wildman–Crippen LogP) is 3.92. The second-order valence-corrected chi connectivity index (χ2v) is 5.72. The van der Waals surface area contributed by atoms with E-state index in [-0.39, 0.29) is 5.92 Å². The number of nitrogens with zero attached hydrogens (tertiary/aromatic N) is 1. The third-order valence-electron chi connectivity index (χ3n) is 4.99. The van der Waals surface area contributed by atoms with Crippen molar-refractivity contribution in [3.05, 3.63) is 11.6 Å². The largest absolute Gasteiger partial charge is 0.198 e. The minimum Gasteiger partial charge on any atom is -0.198 e. The molecule has 0 spiro atoms. The first-order valence-corrected chi connectivity index (χ1v) is 6.17. The Morgan fingerprint density at radius 3 is 2.87 bits per heavy atom. The number of nitriles is 1. The number of allylic oxidation sites excluding steroid dienone is 2. The molecule has 0 aliphatic heterocycles. The molecule has 1 fully saturated rings. The van der Waals surface area contributed by atoms with E-state index in [0.717, 1.165) is 24.7 Å². The zero-order valence-electron chi connectivity index (χ0n) is 10.1. The first kappa shape index (κ1) is 10.7. The first-order valence-electron chi connectivity index (χ1n) is 6.17. The second-order valence-electron chi connectivity index (χ2n) is 5.72. The molecule has 0 amide bonds. The lowest BCUT2D eigenvalue weighted by atomic mass is 9.56. The first-order chi connectivity index (χ1) is 7.08. The van der Waals surface area contributed by atoms with E-state index < -0.39 is 0 Å². The van der Waals surface area contributed by atoms with Crippen molar-refractivity contribution in [1.29, 1.82) is 5.26 Å². The maximum absolute atomic E-state index is 9.01. The van der Waals surface area contributed by atoms with Crippen LogP contribution in [0, 0.1) is 34.5 Å². The molecule has 2 aliphatic carbocycles. The van der Waals surface area contributed by atoms with Gasteiger partial charge in [-0.25, -0.2) is 0 Å². The van der Waals surface area contributed by atoms with E-state index in [1.54, 1.807) is 5.57 Å². The average Bonchev–Trinajstić information content (AvgIpc) is 2.25. The molecule has 2 unspecified atom stereocenters. The van der Waals surface area contributed by atoms with Crippen molar-refractivity contribution in [1.82, 2.24) is 0 Å². The summed E-state index contributed by atoms with van der Waals surface area (Å²) in [6, 6.07) is 2.44. The lowest BCUT2D eigenvalue weighted by molar-refractivity contribution is 0.123. The minimum atomic E-state index is 0.282. The molecule has 82 valence electrons. The van der Waals surface area contributed by atoms with E-state index in [2.05, 4.69) is 32.9 Å². The fourth-order valence-corrected chi connectivity index (χ4v) is 3.34. The van der Waals surface area contributed by atoms with Crippen LogP contribution in [0.5, 0.6) is 0 Å². The molecule has 1 saturated carbocycles. The van der Waals surface area contributed by atoms with Crippen molar-refractivity contribution in [2.24, 2.45) is 23.2 Å². The van der Waals surface area contributed by atoms with E-state index in [1.807, 2.05) is 0 Å². The molecule has 0 heterocycles. The van der Waals surface area contributed by atoms with Crippen molar-refractivity contribution >= 4 is 0 Å². The van der Waals surface area contributed by atoms with Gasteiger partial charge < -0.3 is 0 Å². The van der Waals surface area contributed by atoms with Gasteiger partial charge in [-0.05, 0) is 42.9 Å². The molecule has 2 aliphatic rings. The second kappa shape index (κ2) is 3.67. The van der Waals surface area contributed by atoms with Gasteiger partial charge in [-0.3, -0.25) is 0 Å². The van der Waals surface area contributed by atoms with Crippen LogP contribution in [-0.4, -0.2) is 0 Å². The Kier molecular flexibility index (Phi) is 2.63. The van der Waals surface area contributed by atoms with E-state index >= 15 is 0 Å². The Morgan fingerprint density at radius 2 is 2.20 bits per heavy atom. The minimum absolute atomic E-state index is 0.282. The van der Waals surface area contributed by atoms with Gasteiger partial charge in [0.2, 0.25) is 0 Å². The number of hydrogen-bond acceptors (Lipinski definition) is 1. The highest BCUT2D eigenvalue weighted by Gasteiger charge is 2.43. The maximum atomic E-state index is 9.01. The van der Waals surface area contributed by atoms with E-state index in [1.165, 1.54) is 12.8 Å². The van der Waals surface area contributed by atoms with Gasteiger partial charge in [0, 0.05) is 0 Å². The maximum Gasteiger partial charge on any atom is 0.0659 e. The van der Waals surface area contributed by atoms with Gasteiger partial charge in [0.1, 0.15) is 0 Å². The van der Waals surface area contributed by atoms with Crippen LogP contribution in [0.15, 0.2) is 11.6 Å². The SMILES string of the molecule is CC1CC=C2C[C@@H](C#N)CC[C@]2(C)C1C. The number of hydrogen-bond donors (Lipinski definition) is 0. The molecule has 0 saturated heterocycles. The molecule has 0 radical (unpaired) electrons. The highest BCUT2D eigenvalue weighted by Crippen LogP contribution is 2.53. The summed E-state index contributed by atoms with van der Waals surface area (Å²) >= 11 is 0. The van der Waals surface area contributed by atoms with Crippen LogP contribution >= 0.6 is 0 Å². The molecule has 15 heavy (non-hydrogen) atoms. The molecule has 0 aromatic carbocycles. The molecule has 1 nitrogen and oxygen atoms in total. The third-order valence-corrected chi connectivity index (χ3v) is 4.99. The summed E-state index contributed by atoms with van der Waals surface area (Å²) in [5.41, 5.74) is 1.97. The van der Waals surface area contributed by atoms with Crippen LogP contribution in [0.2, 0.25) is 0 Å². The van der Waals surface area contributed by atoms with Crippen molar-refractivity contribution in [3.8, 4) is 6.07 Å². The van der Waals surface area contributed by atoms with Crippen LogP contribution in [0.3, 0.4) is 0 Å². The van der Waals surface area contributed by atoms with Crippen LogP contribution in [0.25, 0.3) is 0 Å². The van der Waals surface area contributed by atoms with Crippen molar-refractivity contribution in [2.45, 2.75) is 46.5 Å². The van der Waals surface area contributed by atoms with E-state index in [9.17, 15) is 0 Å². The zero-order valence-corrected chi connectivity index (χ0v) is 10.1. The molecule has 1 heteroatoms. The quantitative estimate of drug-likeness (QED) is 0.547. The fourth-order valence-electron chi connectivity index (χ4n) is 3.34. The summed E-state index contributed by atoms with van der Waals surface area (Å²) in [7, 11) is 0. The molecule has 4 atom stereocenters. The van der Waals surface area contributed by atoms with Crippen LogP contribution in [0.4, 0.5) is 0 Å². The summed E-state index contributed by atoms with van der Waals surface area (Å²) in [4.78, 5) is 0. The summed E-state index contributed by atoms with van der Waals surface area (Å²) in [5, 5.41) is 9.01. The number of rotatable bonds is 0. The fraction of sp³-hybridized carbons (Fsp3) is 0.786. The van der Waals surface area contributed by atoms with Gasteiger partial charge in [0.05, 0.1) is 12.0 Å². The van der Waals surface area contributed by atoms with Crippen molar-refractivity contribution < 1.29 is 0 Å². The third kappa shape index (κ3) is 1.61. The van der Waals surface area contributed by atoms with Gasteiger partial charge in [-0.2, -0.15) is 5.26 Å². The molecular weight excluding hydrogens is 182 g/mol. The highest BCUT2D eigenvalue weighted by atomic mass is 14.5. The molecule has 0 N–H and O–H groups in total. The summed E-state index contributed by atoms with van der Waals surface area (Å²) in [6.07, 6.45) is 6.98. The highest BCUT2D eigenvalue weighted by molar-refractivity contribution is 5.23. The van der Waals surface area contributed by atoms with Crippen LogP contribution in [-0.2, 0) is 0 Å². The lowest BCUT2D eigenvalue weighted by Gasteiger charge is -2.48. The Labute approximate surface area is 93.2 Å². The molecule has 2 rings (SSSR count). The van der Waals surface area contributed by atoms with E-state index in [4.69, 9.17) is 5.26 Å². The Morgan fingerprint density at radius 1 is 1.47 bits per heavy atom. The predicted molar refractivity (Wildman–Crippen MR) is 62.1 cm³/mol. The van der Waals surface area contributed by atoms with Gasteiger partial charge in [0.25, 0.3) is 0 Å². The lowest BCUT2D eigenvalue weighted by Crippen LogP contribution is -2.38. The smallest absolute Gasteiger partial charge is 0.0659 e.